The summed E-state index contributed by atoms with van der Waals surface area (Å²) in [5.41, 5.74) is 1.71. The number of nitrogens with zero attached hydrogens (tertiary/aromatic N) is 2. The maximum atomic E-state index is 11.1. The Morgan fingerprint density at radius 2 is 1.96 bits per heavy atom. The van der Waals surface area contributed by atoms with Crippen LogP contribution in [-0.2, 0) is 4.79 Å². The van der Waals surface area contributed by atoms with Crippen LogP contribution in [0.3, 0.4) is 0 Å². The first-order valence-corrected chi connectivity index (χ1v) is 7.15. The van der Waals surface area contributed by atoms with Crippen molar-refractivity contribution in [1.29, 1.82) is 0 Å². The molecule has 0 aliphatic carbocycles. The summed E-state index contributed by atoms with van der Waals surface area (Å²) in [7, 11) is 0. The zero-order valence-corrected chi connectivity index (χ0v) is 13.2. The smallest absolute Gasteiger partial charge is 0.344 e. The van der Waals surface area contributed by atoms with Crippen molar-refractivity contribution in [2.75, 3.05) is 0 Å². The summed E-state index contributed by atoms with van der Waals surface area (Å²) >= 11 is 0. The number of carboxylic acid groups (broad SMARTS) is 1. The molecule has 7 nitrogen and oxygen atoms in total. The van der Waals surface area contributed by atoms with E-state index in [0.29, 0.717) is 11.3 Å². The topological polar surface area (TPSA) is 102 Å². The summed E-state index contributed by atoms with van der Waals surface area (Å²) in [4.78, 5) is 25.5. The fourth-order valence-electron chi connectivity index (χ4n) is 1.92. The number of carbonyl (C=O) groups is 1. The quantitative estimate of drug-likeness (QED) is 0.496. The Labute approximate surface area is 138 Å². The van der Waals surface area contributed by atoms with Crippen molar-refractivity contribution >= 4 is 23.6 Å². The molecule has 0 spiro atoms. The van der Waals surface area contributed by atoms with Gasteiger partial charge in [-0.05, 0) is 55.3 Å². The molecule has 0 radical (unpaired) electrons. The Kier molecular flexibility index (Phi) is 5.26. The molecular weight excluding hydrogens is 312 g/mol. The van der Waals surface area contributed by atoms with Gasteiger partial charge in [0.25, 0.3) is 5.69 Å². The Balaban J connectivity index is 2.15. The van der Waals surface area contributed by atoms with E-state index in [-0.39, 0.29) is 11.4 Å². The SMILES string of the molecule is Cc1ccc(N=Cc2ccc(O[C@H](C)C(=O)O)cc2)c([N+](=O)[O-])c1. The van der Waals surface area contributed by atoms with E-state index in [9.17, 15) is 14.9 Å². The normalized spacial score (nSPS) is 12.1. The van der Waals surface area contributed by atoms with Gasteiger partial charge in [-0.3, -0.25) is 10.1 Å². The van der Waals surface area contributed by atoms with Crippen LogP contribution in [0.4, 0.5) is 11.4 Å². The van der Waals surface area contributed by atoms with E-state index in [4.69, 9.17) is 9.84 Å². The van der Waals surface area contributed by atoms with Crippen molar-refractivity contribution in [2.45, 2.75) is 20.0 Å². The van der Waals surface area contributed by atoms with Crippen LogP contribution >= 0.6 is 0 Å². The van der Waals surface area contributed by atoms with Gasteiger partial charge in [0.05, 0.1) is 4.92 Å². The van der Waals surface area contributed by atoms with Crippen molar-refractivity contribution in [3.63, 3.8) is 0 Å². The lowest BCUT2D eigenvalue weighted by molar-refractivity contribution is -0.384. The minimum Gasteiger partial charge on any atom is -0.479 e. The van der Waals surface area contributed by atoms with Gasteiger partial charge in [-0.25, -0.2) is 9.79 Å². The molecule has 0 amide bonds. The molecule has 0 aliphatic rings. The van der Waals surface area contributed by atoms with Gasteiger partial charge in [0.15, 0.2) is 6.10 Å². The lowest BCUT2D eigenvalue weighted by atomic mass is 10.2. The molecule has 2 aromatic rings. The predicted molar refractivity (Wildman–Crippen MR) is 89.3 cm³/mol. The number of nitro benzene ring substituents is 1. The summed E-state index contributed by atoms with van der Waals surface area (Å²) in [5, 5.41) is 19.9. The second-order valence-electron chi connectivity index (χ2n) is 5.17. The number of hydrogen-bond acceptors (Lipinski definition) is 5. The fraction of sp³-hybridized carbons (Fsp3) is 0.176. The number of ether oxygens (including phenoxy) is 1. The Bertz CT molecular complexity index is 784. The number of aliphatic carboxylic acids is 1. The molecule has 7 heteroatoms. The molecule has 1 N–H and O–H groups in total. The van der Waals surface area contributed by atoms with E-state index in [2.05, 4.69) is 4.99 Å². The van der Waals surface area contributed by atoms with E-state index in [1.807, 2.05) is 0 Å². The minimum absolute atomic E-state index is 0.0542. The minimum atomic E-state index is -1.05. The highest BCUT2D eigenvalue weighted by Gasteiger charge is 2.13. The molecule has 0 aliphatic heterocycles. The molecule has 0 saturated heterocycles. The van der Waals surface area contributed by atoms with Crippen molar-refractivity contribution in [2.24, 2.45) is 4.99 Å². The van der Waals surface area contributed by atoms with Crippen LogP contribution < -0.4 is 4.74 Å². The highest BCUT2D eigenvalue weighted by Crippen LogP contribution is 2.28. The van der Waals surface area contributed by atoms with E-state index in [1.165, 1.54) is 19.2 Å². The van der Waals surface area contributed by atoms with E-state index in [1.54, 1.807) is 43.3 Å². The largest absolute Gasteiger partial charge is 0.479 e. The van der Waals surface area contributed by atoms with Gasteiger partial charge in [0.2, 0.25) is 0 Å². The van der Waals surface area contributed by atoms with Crippen LogP contribution in [-0.4, -0.2) is 28.3 Å². The van der Waals surface area contributed by atoms with Crippen molar-refractivity contribution in [3.05, 3.63) is 63.7 Å². The first-order valence-electron chi connectivity index (χ1n) is 7.15. The van der Waals surface area contributed by atoms with Gasteiger partial charge in [0.1, 0.15) is 11.4 Å². The third-order valence-corrected chi connectivity index (χ3v) is 3.22. The summed E-state index contributed by atoms with van der Waals surface area (Å²) < 4.78 is 5.22. The number of aryl methyl sites for hydroxylation is 1. The van der Waals surface area contributed by atoms with Gasteiger partial charge in [-0.15, -0.1) is 0 Å². The van der Waals surface area contributed by atoms with Gasteiger partial charge in [-0.1, -0.05) is 6.07 Å². The predicted octanol–water partition coefficient (Wildman–Crippen LogP) is 3.51. The summed E-state index contributed by atoms with van der Waals surface area (Å²) in [6.45, 7) is 3.21. The molecule has 0 unspecified atom stereocenters. The van der Waals surface area contributed by atoms with E-state index >= 15 is 0 Å². The standard InChI is InChI=1S/C17H16N2O5/c1-11-3-8-15(16(9-11)19(22)23)18-10-13-4-6-14(7-5-13)24-12(2)17(20)21/h3-10,12H,1-2H3,(H,20,21)/t12-/m1/s1. The number of carboxylic acids is 1. The summed E-state index contributed by atoms with van der Waals surface area (Å²) in [6.07, 6.45) is 0.557. The monoisotopic (exact) mass is 328 g/mol. The molecule has 0 aromatic heterocycles. The molecule has 1 atom stereocenters. The van der Waals surface area contributed by atoms with Crippen molar-refractivity contribution < 1.29 is 19.6 Å². The van der Waals surface area contributed by atoms with E-state index in [0.717, 1.165) is 5.56 Å². The first kappa shape index (κ1) is 17.1. The number of benzene rings is 2. The van der Waals surface area contributed by atoms with Crippen LogP contribution in [0.25, 0.3) is 0 Å². The highest BCUT2D eigenvalue weighted by molar-refractivity contribution is 5.83. The van der Waals surface area contributed by atoms with Crippen LogP contribution in [0, 0.1) is 17.0 Å². The number of rotatable bonds is 6. The molecule has 24 heavy (non-hydrogen) atoms. The van der Waals surface area contributed by atoms with Crippen LogP contribution in [0.5, 0.6) is 5.75 Å². The second-order valence-corrected chi connectivity index (χ2v) is 5.17. The Morgan fingerprint density at radius 3 is 2.54 bits per heavy atom. The molecule has 0 bridgehead atoms. The molecule has 124 valence electrons. The van der Waals surface area contributed by atoms with E-state index < -0.39 is 17.0 Å². The second kappa shape index (κ2) is 7.36. The van der Waals surface area contributed by atoms with Crippen molar-refractivity contribution in [3.8, 4) is 5.75 Å². The number of nitro groups is 1. The molecule has 0 saturated carbocycles. The first-order chi connectivity index (χ1) is 11.4. The van der Waals surface area contributed by atoms with Gasteiger partial charge in [0, 0.05) is 12.3 Å². The lowest BCUT2D eigenvalue weighted by Crippen LogP contribution is -2.22. The summed E-state index contributed by atoms with van der Waals surface area (Å²) in [6, 6.07) is 11.4. The molecule has 0 fully saturated rings. The number of hydrogen-bond donors (Lipinski definition) is 1. The zero-order chi connectivity index (χ0) is 17.7. The van der Waals surface area contributed by atoms with Crippen LogP contribution in [0.1, 0.15) is 18.1 Å². The molecule has 2 aromatic carbocycles. The van der Waals surface area contributed by atoms with Gasteiger partial charge >= 0.3 is 5.97 Å². The summed E-state index contributed by atoms with van der Waals surface area (Å²) in [5.74, 6) is -0.629. The zero-order valence-electron chi connectivity index (χ0n) is 13.2. The van der Waals surface area contributed by atoms with Crippen molar-refractivity contribution in [1.82, 2.24) is 0 Å². The lowest BCUT2D eigenvalue weighted by Gasteiger charge is -2.09. The molecule has 0 heterocycles. The van der Waals surface area contributed by atoms with Gasteiger partial charge in [-0.2, -0.15) is 0 Å². The maximum Gasteiger partial charge on any atom is 0.344 e. The Morgan fingerprint density at radius 1 is 1.29 bits per heavy atom. The highest BCUT2D eigenvalue weighted by atomic mass is 16.6. The van der Waals surface area contributed by atoms with Gasteiger partial charge < -0.3 is 9.84 Å². The third kappa shape index (κ3) is 4.39. The van der Waals surface area contributed by atoms with Crippen LogP contribution in [0.15, 0.2) is 47.5 Å². The molecular formula is C17H16N2O5. The Hall–Kier alpha value is -3.22. The van der Waals surface area contributed by atoms with Crippen LogP contribution in [0.2, 0.25) is 0 Å². The number of aliphatic imine (C=N–C) groups is 1. The molecule has 2 rings (SSSR count). The average molecular weight is 328 g/mol. The maximum absolute atomic E-state index is 11.1. The third-order valence-electron chi connectivity index (χ3n) is 3.22. The fourth-order valence-corrected chi connectivity index (χ4v) is 1.92. The average Bonchev–Trinajstić information content (AvgIpc) is 2.54.